The van der Waals surface area contributed by atoms with Crippen LogP contribution in [0.4, 0.5) is 0 Å². The molecular formula is C15H15NO3S. The second-order valence-corrected chi connectivity index (χ2v) is 5.34. The number of nitrogens with zero attached hydrogens (tertiary/aromatic N) is 1. The van der Waals surface area contributed by atoms with Gasteiger partial charge in [0, 0.05) is 17.5 Å². The van der Waals surface area contributed by atoms with Crippen LogP contribution in [-0.2, 0) is 11.3 Å². The molecular weight excluding hydrogens is 274 g/mol. The van der Waals surface area contributed by atoms with Crippen LogP contribution in [0.1, 0.15) is 15.2 Å². The van der Waals surface area contributed by atoms with Gasteiger partial charge >= 0.3 is 0 Å². The first-order valence-corrected chi connectivity index (χ1v) is 7.01. The highest BCUT2D eigenvalue weighted by molar-refractivity contribution is 7.09. The SMILES string of the molecule is CN(Cc1cccs1)C(=O)COc1ccc(C=O)cc1. The zero-order valence-electron chi connectivity index (χ0n) is 11.1. The molecule has 0 radical (unpaired) electrons. The topological polar surface area (TPSA) is 46.6 Å². The van der Waals surface area contributed by atoms with E-state index in [-0.39, 0.29) is 12.5 Å². The van der Waals surface area contributed by atoms with E-state index in [1.54, 1.807) is 47.5 Å². The number of benzene rings is 1. The van der Waals surface area contributed by atoms with Crippen LogP contribution in [0.25, 0.3) is 0 Å². The molecule has 1 heterocycles. The molecule has 0 aliphatic carbocycles. The van der Waals surface area contributed by atoms with E-state index in [0.717, 1.165) is 11.2 Å². The highest BCUT2D eigenvalue weighted by Crippen LogP contribution is 2.13. The van der Waals surface area contributed by atoms with Gasteiger partial charge in [-0.15, -0.1) is 11.3 Å². The highest BCUT2D eigenvalue weighted by atomic mass is 32.1. The van der Waals surface area contributed by atoms with Gasteiger partial charge < -0.3 is 9.64 Å². The Morgan fingerprint density at radius 1 is 1.30 bits per heavy atom. The van der Waals surface area contributed by atoms with Gasteiger partial charge in [0.25, 0.3) is 5.91 Å². The maximum absolute atomic E-state index is 11.9. The summed E-state index contributed by atoms with van der Waals surface area (Å²) in [5.41, 5.74) is 0.582. The fourth-order valence-electron chi connectivity index (χ4n) is 1.62. The highest BCUT2D eigenvalue weighted by Gasteiger charge is 2.10. The van der Waals surface area contributed by atoms with Crippen molar-refractivity contribution in [2.75, 3.05) is 13.7 Å². The molecule has 1 amide bonds. The smallest absolute Gasteiger partial charge is 0.260 e. The van der Waals surface area contributed by atoms with Crippen molar-refractivity contribution in [3.8, 4) is 5.75 Å². The van der Waals surface area contributed by atoms with Crippen molar-refractivity contribution in [3.63, 3.8) is 0 Å². The second kappa shape index (κ2) is 6.86. The molecule has 5 heteroatoms. The Labute approximate surface area is 121 Å². The predicted octanol–water partition coefficient (Wildman–Crippen LogP) is 2.60. The molecule has 0 aliphatic heterocycles. The molecule has 0 unspecified atom stereocenters. The first kappa shape index (κ1) is 14.3. The Kier molecular flexibility index (Phi) is 4.90. The Balaban J connectivity index is 1.83. The van der Waals surface area contributed by atoms with Gasteiger partial charge in [0.15, 0.2) is 6.61 Å². The number of ether oxygens (including phenoxy) is 1. The maximum atomic E-state index is 11.9. The van der Waals surface area contributed by atoms with Gasteiger partial charge in [0.2, 0.25) is 0 Å². The maximum Gasteiger partial charge on any atom is 0.260 e. The van der Waals surface area contributed by atoms with Gasteiger partial charge in [0.05, 0.1) is 6.54 Å². The molecule has 0 saturated carbocycles. The molecule has 0 bridgehead atoms. The van der Waals surface area contributed by atoms with Gasteiger partial charge in [-0.1, -0.05) is 6.07 Å². The standard InChI is InChI=1S/C15H15NO3S/c1-16(9-14-3-2-8-20-14)15(18)11-19-13-6-4-12(10-17)5-7-13/h2-8,10H,9,11H2,1H3. The zero-order valence-corrected chi connectivity index (χ0v) is 11.9. The van der Waals surface area contributed by atoms with E-state index >= 15 is 0 Å². The van der Waals surface area contributed by atoms with Gasteiger partial charge in [-0.05, 0) is 35.7 Å². The van der Waals surface area contributed by atoms with Gasteiger partial charge in [-0.2, -0.15) is 0 Å². The molecule has 0 saturated heterocycles. The van der Waals surface area contributed by atoms with E-state index in [2.05, 4.69) is 0 Å². The molecule has 0 aliphatic rings. The Morgan fingerprint density at radius 3 is 2.65 bits per heavy atom. The Morgan fingerprint density at radius 2 is 2.05 bits per heavy atom. The third-order valence-electron chi connectivity index (χ3n) is 2.78. The second-order valence-electron chi connectivity index (χ2n) is 4.30. The quantitative estimate of drug-likeness (QED) is 0.768. The molecule has 104 valence electrons. The van der Waals surface area contributed by atoms with E-state index in [0.29, 0.717) is 17.9 Å². The summed E-state index contributed by atoms with van der Waals surface area (Å²) in [5.74, 6) is 0.492. The average Bonchev–Trinajstić information content (AvgIpc) is 2.98. The molecule has 0 fully saturated rings. The minimum absolute atomic E-state index is 0.0116. The summed E-state index contributed by atoms with van der Waals surface area (Å²) in [4.78, 5) is 25.2. The Hall–Kier alpha value is -2.14. The van der Waals surface area contributed by atoms with Crippen molar-refractivity contribution in [3.05, 3.63) is 52.2 Å². The first-order valence-electron chi connectivity index (χ1n) is 6.13. The summed E-state index contributed by atoms with van der Waals surface area (Å²) in [6.07, 6.45) is 0.768. The van der Waals surface area contributed by atoms with Crippen molar-refractivity contribution in [2.24, 2.45) is 0 Å². The lowest BCUT2D eigenvalue weighted by molar-refractivity contribution is -0.132. The van der Waals surface area contributed by atoms with Crippen LogP contribution < -0.4 is 4.74 Å². The van der Waals surface area contributed by atoms with E-state index in [1.807, 2.05) is 17.5 Å². The fourth-order valence-corrected chi connectivity index (χ4v) is 2.38. The zero-order chi connectivity index (χ0) is 14.4. The number of hydrogen-bond donors (Lipinski definition) is 0. The molecule has 1 aromatic heterocycles. The van der Waals surface area contributed by atoms with Crippen LogP contribution in [0, 0.1) is 0 Å². The lowest BCUT2D eigenvalue weighted by Gasteiger charge is -2.16. The van der Waals surface area contributed by atoms with E-state index < -0.39 is 0 Å². The molecule has 0 spiro atoms. The predicted molar refractivity (Wildman–Crippen MR) is 78.1 cm³/mol. The third kappa shape index (κ3) is 3.93. The summed E-state index contributed by atoms with van der Waals surface area (Å²) in [5, 5.41) is 1.98. The number of hydrogen-bond acceptors (Lipinski definition) is 4. The van der Waals surface area contributed by atoms with Crippen LogP contribution >= 0.6 is 11.3 Å². The summed E-state index contributed by atoms with van der Waals surface area (Å²) in [7, 11) is 1.75. The van der Waals surface area contributed by atoms with E-state index in [1.165, 1.54) is 0 Å². The van der Waals surface area contributed by atoms with E-state index in [4.69, 9.17) is 4.74 Å². The number of carbonyl (C=O) groups is 2. The average molecular weight is 289 g/mol. The van der Waals surface area contributed by atoms with Crippen molar-refractivity contribution in [1.29, 1.82) is 0 Å². The van der Waals surface area contributed by atoms with Crippen LogP contribution in [-0.4, -0.2) is 30.7 Å². The molecule has 4 nitrogen and oxygen atoms in total. The molecule has 0 N–H and O–H groups in total. The monoisotopic (exact) mass is 289 g/mol. The van der Waals surface area contributed by atoms with E-state index in [9.17, 15) is 9.59 Å². The Bertz CT molecular complexity index is 563. The number of likely N-dealkylation sites (N-methyl/N-ethyl adjacent to an activating group) is 1. The van der Waals surface area contributed by atoms with Crippen molar-refractivity contribution in [1.82, 2.24) is 4.90 Å². The van der Waals surface area contributed by atoms with Gasteiger partial charge in [-0.3, -0.25) is 9.59 Å². The number of thiophene rings is 1. The van der Waals surface area contributed by atoms with Crippen LogP contribution in [0.15, 0.2) is 41.8 Å². The number of aldehydes is 1. The summed E-state index contributed by atoms with van der Waals surface area (Å²) in [6, 6.07) is 10.6. The molecule has 0 atom stereocenters. The van der Waals surface area contributed by atoms with Crippen molar-refractivity contribution < 1.29 is 14.3 Å². The van der Waals surface area contributed by atoms with Crippen LogP contribution in [0.3, 0.4) is 0 Å². The lowest BCUT2D eigenvalue weighted by atomic mass is 10.2. The largest absolute Gasteiger partial charge is 0.484 e. The van der Waals surface area contributed by atoms with Crippen LogP contribution in [0.5, 0.6) is 5.75 Å². The number of carbonyl (C=O) groups excluding carboxylic acids is 2. The van der Waals surface area contributed by atoms with Crippen molar-refractivity contribution in [2.45, 2.75) is 6.54 Å². The first-order chi connectivity index (χ1) is 9.69. The van der Waals surface area contributed by atoms with Crippen molar-refractivity contribution >= 4 is 23.5 Å². The molecule has 2 aromatic rings. The molecule has 20 heavy (non-hydrogen) atoms. The lowest BCUT2D eigenvalue weighted by Crippen LogP contribution is -2.30. The summed E-state index contributed by atoms with van der Waals surface area (Å²) < 4.78 is 5.40. The normalized spacial score (nSPS) is 10.1. The number of rotatable bonds is 6. The summed E-state index contributed by atoms with van der Waals surface area (Å²) in [6.45, 7) is 0.576. The fraction of sp³-hybridized carbons (Fsp3) is 0.200. The third-order valence-corrected chi connectivity index (χ3v) is 3.64. The number of amides is 1. The summed E-state index contributed by atoms with van der Waals surface area (Å²) >= 11 is 1.62. The van der Waals surface area contributed by atoms with Gasteiger partial charge in [-0.25, -0.2) is 0 Å². The molecule has 1 aromatic carbocycles. The minimum Gasteiger partial charge on any atom is -0.484 e. The van der Waals surface area contributed by atoms with Crippen LogP contribution in [0.2, 0.25) is 0 Å². The van der Waals surface area contributed by atoms with Gasteiger partial charge in [0.1, 0.15) is 12.0 Å². The minimum atomic E-state index is -0.0853. The molecule has 2 rings (SSSR count).